The molecule has 2 aromatic rings. The molecule has 0 spiro atoms. The standard InChI is InChI=1S/C20H25N5O2/c1-13(26)19(17-7-9-27-12-17)18(20-22-24-25-23-20)10-14-2-4-15(5-3-14)16-6-8-21-11-16/h2-6,17-19,21,26H,1,7-12H2,(H,22,23,24,25)/t17?,18-,19-/m0/s1. The maximum atomic E-state index is 10.4. The largest absolute Gasteiger partial charge is 0.513 e. The average Bonchev–Trinajstić information content (AvgIpc) is 3.43. The monoisotopic (exact) mass is 367 g/mol. The fourth-order valence-corrected chi connectivity index (χ4v) is 4.19. The lowest BCUT2D eigenvalue weighted by Crippen LogP contribution is -2.27. The van der Waals surface area contributed by atoms with Gasteiger partial charge < -0.3 is 15.2 Å². The quantitative estimate of drug-likeness (QED) is 0.650. The van der Waals surface area contributed by atoms with E-state index in [0.717, 1.165) is 25.9 Å². The van der Waals surface area contributed by atoms with Crippen LogP contribution in [0, 0.1) is 11.8 Å². The van der Waals surface area contributed by atoms with Crippen molar-refractivity contribution in [2.45, 2.75) is 18.8 Å². The summed E-state index contributed by atoms with van der Waals surface area (Å²) in [6, 6.07) is 8.61. The van der Waals surface area contributed by atoms with Crippen LogP contribution in [-0.2, 0) is 11.2 Å². The van der Waals surface area contributed by atoms with Gasteiger partial charge in [0.25, 0.3) is 0 Å². The van der Waals surface area contributed by atoms with Gasteiger partial charge in [0, 0.05) is 31.5 Å². The minimum atomic E-state index is -0.149. The Morgan fingerprint density at radius 2 is 2.19 bits per heavy atom. The Morgan fingerprint density at radius 1 is 1.33 bits per heavy atom. The van der Waals surface area contributed by atoms with E-state index in [1.807, 2.05) is 0 Å². The molecule has 142 valence electrons. The summed E-state index contributed by atoms with van der Waals surface area (Å²) in [5, 5.41) is 28.2. The van der Waals surface area contributed by atoms with E-state index in [9.17, 15) is 5.11 Å². The number of H-pyrrole nitrogens is 1. The molecule has 2 aliphatic heterocycles. The highest BCUT2D eigenvalue weighted by atomic mass is 16.5. The second kappa shape index (κ2) is 8.02. The van der Waals surface area contributed by atoms with Gasteiger partial charge in [0.2, 0.25) is 0 Å². The molecule has 27 heavy (non-hydrogen) atoms. The first kappa shape index (κ1) is 17.9. The fourth-order valence-electron chi connectivity index (χ4n) is 4.19. The lowest BCUT2D eigenvalue weighted by Gasteiger charge is -2.28. The smallest absolute Gasteiger partial charge is 0.152 e. The molecule has 4 rings (SSSR count). The van der Waals surface area contributed by atoms with Crippen LogP contribution in [0.25, 0.3) is 5.57 Å². The molecule has 1 saturated heterocycles. The Kier molecular flexibility index (Phi) is 5.31. The molecule has 1 unspecified atom stereocenters. The SMILES string of the molecule is C=C(O)[C@@H](C1CCOC1)[C@H](Cc1ccc(C2=CCNC2)cc1)c1nnn[nH]1. The number of aromatic amines is 1. The first-order valence-corrected chi connectivity index (χ1v) is 9.40. The fraction of sp³-hybridized carbons (Fsp3) is 0.450. The van der Waals surface area contributed by atoms with Crippen molar-refractivity contribution in [3.05, 3.63) is 59.6 Å². The summed E-state index contributed by atoms with van der Waals surface area (Å²) in [5.41, 5.74) is 3.76. The molecule has 3 N–H and O–H groups in total. The maximum absolute atomic E-state index is 10.4. The second-order valence-electron chi connectivity index (χ2n) is 7.30. The zero-order chi connectivity index (χ0) is 18.6. The molecular weight excluding hydrogens is 342 g/mol. The minimum absolute atomic E-state index is 0.0811. The molecule has 1 aromatic heterocycles. The zero-order valence-corrected chi connectivity index (χ0v) is 15.3. The normalized spacial score (nSPS) is 21.8. The van der Waals surface area contributed by atoms with Crippen LogP contribution in [0.5, 0.6) is 0 Å². The topological polar surface area (TPSA) is 96.0 Å². The summed E-state index contributed by atoms with van der Waals surface area (Å²) in [5.74, 6) is 0.831. The molecule has 0 saturated carbocycles. The van der Waals surface area contributed by atoms with Crippen molar-refractivity contribution in [3.8, 4) is 0 Å². The molecule has 1 aromatic carbocycles. The molecule has 1 fully saturated rings. The van der Waals surface area contributed by atoms with Gasteiger partial charge in [-0.05, 0) is 45.9 Å². The van der Waals surface area contributed by atoms with Gasteiger partial charge in [0.05, 0.1) is 12.4 Å². The van der Waals surface area contributed by atoms with Crippen molar-refractivity contribution >= 4 is 5.57 Å². The third-order valence-electron chi connectivity index (χ3n) is 5.59. The van der Waals surface area contributed by atoms with E-state index in [1.54, 1.807) is 0 Å². The van der Waals surface area contributed by atoms with Crippen LogP contribution in [0.3, 0.4) is 0 Å². The molecule has 7 heteroatoms. The number of allylic oxidation sites excluding steroid dienone is 1. The third-order valence-corrected chi connectivity index (χ3v) is 5.59. The molecule has 7 nitrogen and oxygen atoms in total. The molecule has 0 amide bonds. The van der Waals surface area contributed by atoms with Crippen LogP contribution in [0.4, 0.5) is 0 Å². The van der Waals surface area contributed by atoms with Gasteiger partial charge in [0.1, 0.15) is 0 Å². The van der Waals surface area contributed by atoms with Gasteiger partial charge in [-0.2, -0.15) is 0 Å². The van der Waals surface area contributed by atoms with Gasteiger partial charge >= 0.3 is 0 Å². The second-order valence-corrected chi connectivity index (χ2v) is 7.30. The van der Waals surface area contributed by atoms with E-state index in [0.29, 0.717) is 19.0 Å². The van der Waals surface area contributed by atoms with Crippen molar-refractivity contribution in [2.24, 2.45) is 11.8 Å². The van der Waals surface area contributed by atoms with Crippen LogP contribution < -0.4 is 5.32 Å². The van der Waals surface area contributed by atoms with Crippen LogP contribution in [0.1, 0.15) is 29.3 Å². The van der Waals surface area contributed by atoms with Crippen LogP contribution in [-0.4, -0.2) is 52.0 Å². The molecular formula is C20H25N5O2. The maximum Gasteiger partial charge on any atom is 0.152 e. The average molecular weight is 367 g/mol. The Labute approximate surface area is 158 Å². The summed E-state index contributed by atoms with van der Waals surface area (Å²) in [4.78, 5) is 0. The van der Waals surface area contributed by atoms with Gasteiger partial charge in [0.15, 0.2) is 5.82 Å². The van der Waals surface area contributed by atoms with Crippen molar-refractivity contribution < 1.29 is 9.84 Å². The van der Waals surface area contributed by atoms with Crippen molar-refractivity contribution in [1.29, 1.82) is 0 Å². The number of benzene rings is 1. The third kappa shape index (κ3) is 3.94. The number of aliphatic hydroxyl groups is 1. The van der Waals surface area contributed by atoms with E-state index in [2.05, 4.69) is 62.9 Å². The Balaban J connectivity index is 1.58. The van der Waals surface area contributed by atoms with Crippen molar-refractivity contribution in [2.75, 3.05) is 26.3 Å². The number of tetrazole rings is 1. The van der Waals surface area contributed by atoms with Crippen molar-refractivity contribution in [3.63, 3.8) is 0 Å². The first-order valence-electron chi connectivity index (χ1n) is 9.40. The number of hydrogen-bond acceptors (Lipinski definition) is 6. The highest BCUT2D eigenvalue weighted by Crippen LogP contribution is 2.38. The number of aliphatic hydroxyl groups excluding tert-OH is 1. The predicted molar refractivity (Wildman–Crippen MR) is 102 cm³/mol. The van der Waals surface area contributed by atoms with E-state index >= 15 is 0 Å². The number of hydrogen-bond donors (Lipinski definition) is 3. The number of nitrogens with one attached hydrogen (secondary N) is 2. The van der Waals surface area contributed by atoms with Crippen LogP contribution >= 0.6 is 0 Å². The summed E-state index contributed by atoms with van der Waals surface area (Å²) in [7, 11) is 0. The highest BCUT2D eigenvalue weighted by molar-refractivity contribution is 5.69. The Morgan fingerprint density at radius 3 is 2.78 bits per heavy atom. The van der Waals surface area contributed by atoms with E-state index < -0.39 is 0 Å². The van der Waals surface area contributed by atoms with Gasteiger partial charge in [-0.1, -0.05) is 36.9 Å². The number of nitrogens with zero attached hydrogens (tertiary/aromatic N) is 3. The molecule has 0 radical (unpaired) electrons. The van der Waals surface area contributed by atoms with Gasteiger partial charge in [-0.25, -0.2) is 5.10 Å². The van der Waals surface area contributed by atoms with Crippen molar-refractivity contribution in [1.82, 2.24) is 25.9 Å². The van der Waals surface area contributed by atoms with Crippen LogP contribution in [0.2, 0.25) is 0 Å². The lowest BCUT2D eigenvalue weighted by atomic mass is 9.76. The Hall–Kier alpha value is -2.51. The molecule has 0 aliphatic carbocycles. The Bertz CT molecular complexity index is 794. The summed E-state index contributed by atoms with van der Waals surface area (Å²) >= 11 is 0. The zero-order valence-electron chi connectivity index (χ0n) is 15.3. The van der Waals surface area contributed by atoms with E-state index in [1.165, 1.54) is 16.7 Å². The molecule has 0 bridgehead atoms. The van der Waals surface area contributed by atoms with E-state index in [-0.39, 0.29) is 23.5 Å². The number of ether oxygens (including phenoxy) is 1. The molecule has 3 heterocycles. The summed E-state index contributed by atoms with van der Waals surface area (Å²) in [6.07, 6.45) is 3.85. The number of aromatic nitrogens is 4. The van der Waals surface area contributed by atoms with Gasteiger partial charge in [-0.3, -0.25) is 0 Å². The summed E-state index contributed by atoms with van der Waals surface area (Å²) in [6.45, 7) is 7.03. The highest BCUT2D eigenvalue weighted by Gasteiger charge is 2.37. The lowest BCUT2D eigenvalue weighted by molar-refractivity contribution is 0.156. The molecule has 2 aliphatic rings. The summed E-state index contributed by atoms with van der Waals surface area (Å²) < 4.78 is 5.55. The molecule has 3 atom stereocenters. The minimum Gasteiger partial charge on any atom is -0.513 e. The van der Waals surface area contributed by atoms with Crippen LogP contribution in [0.15, 0.2) is 42.7 Å². The predicted octanol–water partition coefficient (Wildman–Crippen LogP) is 2.24. The van der Waals surface area contributed by atoms with E-state index in [4.69, 9.17) is 4.74 Å². The first-order chi connectivity index (χ1) is 13.2. The van der Waals surface area contributed by atoms with Gasteiger partial charge in [-0.15, -0.1) is 5.10 Å². The number of rotatable bonds is 7.